The van der Waals surface area contributed by atoms with Gasteiger partial charge in [0, 0.05) is 4.24 Å². The highest BCUT2D eigenvalue weighted by Crippen LogP contribution is 2.38. The Labute approximate surface area is 82.2 Å². The van der Waals surface area contributed by atoms with E-state index in [2.05, 4.69) is 24.3 Å². The van der Waals surface area contributed by atoms with E-state index in [1.807, 2.05) is 23.5 Å². The van der Waals surface area contributed by atoms with E-state index in [-0.39, 0.29) is 0 Å². The molecule has 0 N–H and O–H groups in total. The molecule has 2 aliphatic rings. The molecule has 1 saturated heterocycles. The molecule has 64 valence electrons. The summed E-state index contributed by atoms with van der Waals surface area (Å²) in [6, 6.07) is 0. The number of rotatable bonds is 0. The summed E-state index contributed by atoms with van der Waals surface area (Å²) in [5.74, 6) is 2.62. The molecule has 0 bridgehead atoms. The summed E-state index contributed by atoms with van der Waals surface area (Å²) in [5, 5.41) is 0. The van der Waals surface area contributed by atoms with Gasteiger partial charge in [0.1, 0.15) is 0 Å². The van der Waals surface area contributed by atoms with E-state index in [0.717, 1.165) is 6.42 Å². The molecule has 2 rings (SSSR count). The van der Waals surface area contributed by atoms with Crippen molar-refractivity contribution in [1.29, 1.82) is 0 Å². The molecule has 1 fully saturated rings. The first-order valence-electron chi connectivity index (χ1n) is 4.29. The van der Waals surface area contributed by atoms with Crippen molar-refractivity contribution in [3.63, 3.8) is 0 Å². The zero-order valence-corrected chi connectivity index (χ0v) is 8.59. The normalized spacial score (nSPS) is 23.3. The molecule has 0 nitrogen and oxygen atoms in total. The second kappa shape index (κ2) is 4.24. The summed E-state index contributed by atoms with van der Waals surface area (Å²) in [4.78, 5) is 0. The van der Waals surface area contributed by atoms with Gasteiger partial charge in [-0.2, -0.15) is 0 Å². The van der Waals surface area contributed by atoms with Crippen LogP contribution in [0, 0.1) is 0 Å². The van der Waals surface area contributed by atoms with Gasteiger partial charge in [-0.3, -0.25) is 0 Å². The van der Waals surface area contributed by atoms with Gasteiger partial charge in [0.25, 0.3) is 0 Å². The molecule has 0 spiro atoms. The zero-order valence-electron chi connectivity index (χ0n) is 6.95. The molecule has 0 radical (unpaired) electrons. The summed E-state index contributed by atoms with van der Waals surface area (Å²) in [6.45, 7) is 0. The minimum Gasteiger partial charge on any atom is -0.119 e. The molecule has 0 amide bonds. The van der Waals surface area contributed by atoms with E-state index in [4.69, 9.17) is 0 Å². The molecular formula is C10H12S2. The van der Waals surface area contributed by atoms with Crippen LogP contribution >= 0.6 is 23.5 Å². The van der Waals surface area contributed by atoms with Crippen LogP contribution in [0.25, 0.3) is 0 Å². The highest BCUT2D eigenvalue weighted by molar-refractivity contribution is 8.22. The fraction of sp³-hybridized carbons (Fsp3) is 0.400. The molecular weight excluding hydrogens is 184 g/mol. The van der Waals surface area contributed by atoms with Crippen molar-refractivity contribution >= 4 is 23.5 Å². The van der Waals surface area contributed by atoms with Crippen LogP contribution in [0.15, 0.2) is 34.1 Å². The quantitative estimate of drug-likeness (QED) is 0.581. The van der Waals surface area contributed by atoms with Gasteiger partial charge >= 0.3 is 0 Å². The first-order chi connectivity index (χ1) is 5.97. The van der Waals surface area contributed by atoms with Crippen LogP contribution in [-0.2, 0) is 0 Å². The maximum Gasteiger partial charge on any atom is 0.0436 e. The lowest BCUT2D eigenvalue weighted by atomic mass is 10.1. The number of hydrogen-bond acceptors (Lipinski definition) is 2. The van der Waals surface area contributed by atoms with E-state index in [1.54, 1.807) is 4.24 Å². The minimum absolute atomic E-state index is 1.13. The Kier molecular flexibility index (Phi) is 3.01. The van der Waals surface area contributed by atoms with Gasteiger partial charge in [0.05, 0.1) is 0 Å². The van der Waals surface area contributed by atoms with Gasteiger partial charge in [-0.05, 0) is 29.9 Å². The molecule has 0 unspecified atom stereocenters. The van der Waals surface area contributed by atoms with Gasteiger partial charge in [0.15, 0.2) is 0 Å². The first-order valence-corrected chi connectivity index (χ1v) is 6.26. The van der Waals surface area contributed by atoms with Gasteiger partial charge in [0.2, 0.25) is 0 Å². The summed E-state index contributed by atoms with van der Waals surface area (Å²) in [5.41, 5.74) is 1.52. The molecule has 1 heterocycles. The first kappa shape index (κ1) is 8.52. The largest absolute Gasteiger partial charge is 0.119 e. The monoisotopic (exact) mass is 196 g/mol. The molecule has 1 aliphatic heterocycles. The predicted octanol–water partition coefficient (Wildman–Crippen LogP) is 3.58. The second-order valence-electron chi connectivity index (χ2n) is 2.85. The lowest BCUT2D eigenvalue weighted by molar-refractivity contribution is 1.12. The fourth-order valence-electron chi connectivity index (χ4n) is 1.28. The number of thioether (sulfide) groups is 2. The summed E-state index contributed by atoms with van der Waals surface area (Å²) in [7, 11) is 0. The molecule has 1 aliphatic carbocycles. The maximum absolute atomic E-state index is 2.25. The SMILES string of the molecule is C1=CCC(=C2SCCCS2)C=C1. The van der Waals surface area contributed by atoms with Crippen LogP contribution in [0.5, 0.6) is 0 Å². The van der Waals surface area contributed by atoms with Crippen LogP contribution < -0.4 is 0 Å². The number of allylic oxidation sites excluding steroid dienone is 5. The molecule has 2 heteroatoms. The smallest absolute Gasteiger partial charge is 0.0436 e. The standard InChI is InChI=1S/C10H12S2/c1-2-5-9(6-3-1)10-11-7-4-8-12-10/h1-3,5H,4,6-8H2. The van der Waals surface area contributed by atoms with E-state index in [0.29, 0.717) is 0 Å². The Bertz CT molecular complexity index is 241. The van der Waals surface area contributed by atoms with Crippen molar-refractivity contribution in [2.24, 2.45) is 0 Å². The van der Waals surface area contributed by atoms with Crippen LogP contribution in [0.3, 0.4) is 0 Å². The van der Waals surface area contributed by atoms with Crippen molar-refractivity contribution < 1.29 is 0 Å². The van der Waals surface area contributed by atoms with E-state index < -0.39 is 0 Å². The van der Waals surface area contributed by atoms with E-state index >= 15 is 0 Å². The lowest BCUT2D eigenvalue weighted by Crippen LogP contribution is -1.95. The maximum atomic E-state index is 2.25. The van der Waals surface area contributed by atoms with Gasteiger partial charge in [-0.25, -0.2) is 0 Å². The van der Waals surface area contributed by atoms with E-state index in [1.165, 1.54) is 23.5 Å². The lowest BCUT2D eigenvalue weighted by Gasteiger charge is -2.16. The van der Waals surface area contributed by atoms with Crippen LogP contribution in [0.1, 0.15) is 12.8 Å². The molecule has 0 aromatic rings. The predicted molar refractivity (Wildman–Crippen MR) is 59.5 cm³/mol. The van der Waals surface area contributed by atoms with Crippen LogP contribution in [0.2, 0.25) is 0 Å². The molecule has 0 atom stereocenters. The molecule has 0 saturated carbocycles. The minimum atomic E-state index is 1.13. The third-order valence-electron chi connectivity index (χ3n) is 1.90. The summed E-state index contributed by atoms with van der Waals surface area (Å²) >= 11 is 4.05. The average molecular weight is 196 g/mol. The van der Waals surface area contributed by atoms with E-state index in [9.17, 15) is 0 Å². The van der Waals surface area contributed by atoms with Crippen molar-refractivity contribution in [2.75, 3.05) is 11.5 Å². The van der Waals surface area contributed by atoms with Crippen molar-refractivity contribution in [3.8, 4) is 0 Å². The fourth-order valence-corrected chi connectivity index (χ4v) is 3.92. The van der Waals surface area contributed by atoms with Gasteiger partial charge in [-0.1, -0.05) is 24.3 Å². The third kappa shape index (κ3) is 1.99. The Morgan fingerprint density at radius 3 is 2.58 bits per heavy atom. The highest BCUT2D eigenvalue weighted by Gasteiger charge is 2.10. The summed E-state index contributed by atoms with van der Waals surface area (Å²) in [6.07, 6.45) is 11.2. The van der Waals surface area contributed by atoms with Crippen molar-refractivity contribution in [1.82, 2.24) is 0 Å². The van der Waals surface area contributed by atoms with Crippen molar-refractivity contribution in [3.05, 3.63) is 34.1 Å². The Hall–Kier alpha value is -0.0800. The molecule has 0 aromatic heterocycles. The van der Waals surface area contributed by atoms with Crippen molar-refractivity contribution in [2.45, 2.75) is 12.8 Å². The zero-order chi connectivity index (χ0) is 8.23. The third-order valence-corrected chi connectivity index (χ3v) is 4.64. The van der Waals surface area contributed by atoms with Crippen LogP contribution in [-0.4, -0.2) is 11.5 Å². The Morgan fingerprint density at radius 2 is 1.92 bits per heavy atom. The number of hydrogen-bond donors (Lipinski definition) is 0. The topological polar surface area (TPSA) is 0 Å². The molecule has 0 aromatic carbocycles. The highest BCUT2D eigenvalue weighted by atomic mass is 32.2. The Morgan fingerprint density at radius 1 is 1.08 bits per heavy atom. The molecule has 12 heavy (non-hydrogen) atoms. The average Bonchev–Trinajstić information content (AvgIpc) is 2.21. The van der Waals surface area contributed by atoms with Crippen LogP contribution in [0.4, 0.5) is 0 Å². The van der Waals surface area contributed by atoms with Gasteiger partial charge < -0.3 is 0 Å². The van der Waals surface area contributed by atoms with Gasteiger partial charge in [-0.15, -0.1) is 23.5 Å². The second-order valence-corrected chi connectivity index (χ2v) is 5.32. The summed E-state index contributed by atoms with van der Waals surface area (Å²) < 4.78 is 1.56. The Balaban J connectivity index is 2.12.